The van der Waals surface area contributed by atoms with Crippen molar-refractivity contribution in [3.63, 3.8) is 0 Å². The van der Waals surface area contributed by atoms with Gasteiger partial charge in [0.1, 0.15) is 5.75 Å². The summed E-state index contributed by atoms with van der Waals surface area (Å²) < 4.78 is 5.76. The minimum Gasteiger partial charge on any atom is -0.493 e. The van der Waals surface area contributed by atoms with Gasteiger partial charge in [-0.05, 0) is 42.9 Å². The van der Waals surface area contributed by atoms with Crippen molar-refractivity contribution in [1.82, 2.24) is 0 Å². The van der Waals surface area contributed by atoms with Crippen LogP contribution in [0.15, 0.2) is 24.3 Å². The Kier molecular flexibility index (Phi) is 5.49. The second-order valence-corrected chi connectivity index (χ2v) is 5.40. The van der Waals surface area contributed by atoms with Crippen LogP contribution in [-0.2, 0) is 0 Å². The van der Waals surface area contributed by atoms with Crippen LogP contribution in [0.25, 0.3) is 0 Å². The molecule has 0 heterocycles. The van der Waals surface area contributed by atoms with E-state index in [9.17, 15) is 0 Å². The smallest absolute Gasteiger partial charge is 0.119 e. The molecule has 0 aliphatic rings. The molecule has 0 radical (unpaired) electrons. The highest BCUT2D eigenvalue weighted by Gasteiger charge is 2.06. The Balaban J connectivity index is 2.42. The average Bonchev–Trinajstić information content (AvgIpc) is 2.26. The van der Waals surface area contributed by atoms with Crippen LogP contribution in [-0.4, -0.2) is 6.61 Å². The molecule has 1 unspecified atom stereocenters. The number of nitrogens with two attached hydrogens (primary N) is 1. The van der Waals surface area contributed by atoms with Crippen molar-refractivity contribution in [2.45, 2.75) is 40.2 Å². The number of hydrogen-bond acceptors (Lipinski definition) is 2. The zero-order chi connectivity index (χ0) is 12.8. The van der Waals surface area contributed by atoms with Crippen LogP contribution in [0.4, 0.5) is 0 Å². The molecule has 0 spiro atoms. The highest BCUT2D eigenvalue weighted by atomic mass is 16.5. The fraction of sp³-hybridized carbons (Fsp3) is 0.600. The molecule has 0 aromatic heterocycles. The predicted octanol–water partition coefficient (Wildman–Crippen LogP) is 3.77. The maximum absolute atomic E-state index is 5.80. The highest BCUT2D eigenvalue weighted by Crippen LogP contribution is 2.18. The topological polar surface area (TPSA) is 35.2 Å². The molecule has 0 amide bonds. The first-order chi connectivity index (χ1) is 7.99. The normalized spacial score (nSPS) is 14.7. The fourth-order valence-corrected chi connectivity index (χ4v) is 1.98. The molecule has 2 heteroatoms. The van der Waals surface area contributed by atoms with Gasteiger partial charge in [-0.3, -0.25) is 0 Å². The Morgan fingerprint density at radius 1 is 1.06 bits per heavy atom. The van der Waals surface area contributed by atoms with Crippen LogP contribution >= 0.6 is 0 Å². The van der Waals surface area contributed by atoms with Gasteiger partial charge in [0.25, 0.3) is 0 Å². The first-order valence-corrected chi connectivity index (χ1v) is 6.47. The van der Waals surface area contributed by atoms with Gasteiger partial charge in [0.2, 0.25) is 0 Å². The Labute approximate surface area is 105 Å². The quantitative estimate of drug-likeness (QED) is 0.814. The molecule has 0 saturated heterocycles. The molecule has 2 N–H and O–H groups in total. The zero-order valence-electron chi connectivity index (χ0n) is 11.4. The van der Waals surface area contributed by atoms with Crippen LogP contribution in [0, 0.1) is 11.8 Å². The number of hydrogen-bond donors (Lipinski definition) is 1. The van der Waals surface area contributed by atoms with Crippen LogP contribution < -0.4 is 10.5 Å². The van der Waals surface area contributed by atoms with Gasteiger partial charge >= 0.3 is 0 Å². The molecule has 2 nitrogen and oxygen atoms in total. The zero-order valence-corrected chi connectivity index (χ0v) is 11.4. The van der Waals surface area contributed by atoms with Crippen LogP contribution in [0.5, 0.6) is 5.75 Å². The van der Waals surface area contributed by atoms with Crippen molar-refractivity contribution in [1.29, 1.82) is 0 Å². The number of rotatable bonds is 6. The van der Waals surface area contributed by atoms with Crippen LogP contribution in [0.1, 0.15) is 45.7 Å². The molecule has 0 fully saturated rings. The van der Waals surface area contributed by atoms with E-state index in [4.69, 9.17) is 10.5 Å². The standard InChI is InChI=1S/C15H25NO/c1-11(2)9-12(3)10-17-15-7-5-14(6-8-15)13(4)16/h5-8,11-13H,9-10,16H2,1-4H3/t12?,13-/m0/s1. The summed E-state index contributed by atoms with van der Waals surface area (Å²) in [5.41, 5.74) is 6.95. The molecular weight excluding hydrogens is 210 g/mol. The molecule has 1 aromatic carbocycles. The summed E-state index contributed by atoms with van der Waals surface area (Å²) in [7, 11) is 0. The molecule has 17 heavy (non-hydrogen) atoms. The average molecular weight is 235 g/mol. The minimum absolute atomic E-state index is 0.0870. The number of ether oxygens (including phenoxy) is 1. The van der Waals surface area contributed by atoms with E-state index in [1.807, 2.05) is 31.2 Å². The van der Waals surface area contributed by atoms with Crippen molar-refractivity contribution in [3.8, 4) is 5.75 Å². The van der Waals surface area contributed by atoms with Gasteiger partial charge in [-0.25, -0.2) is 0 Å². The van der Waals surface area contributed by atoms with Crippen molar-refractivity contribution < 1.29 is 4.74 Å². The lowest BCUT2D eigenvalue weighted by atomic mass is 10.00. The third-order valence-electron chi connectivity index (χ3n) is 2.81. The minimum atomic E-state index is 0.0870. The van der Waals surface area contributed by atoms with Gasteiger partial charge in [0, 0.05) is 6.04 Å². The van der Waals surface area contributed by atoms with E-state index in [1.54, 1.807) is 0 Å². The summed E-state index contributed by atoms with van der Waals surface area (Å²) in [6.45, 7) is 9.49. The van der Waals surface area contributed by atoms with Crippen LogP contribution in [0.2, 0.25) is 0 Å². The maximum Gasteiger partial charge on any atom is 0.119 e. The van der Waals surface area contributed by atoms with Gasteiger partial charge in [-0.2, -0.15) is 0 Å². The lowest BCUT2D eigenvalue weighted by Crippen LogP contribution is -2.11. The Hall–Kier alpha value is -1.02. The molecule has 0 bridgehead atoms. The molecule has 0 aliphatic heterocycles. The van der Waals surface area contributed by atoms with E-state index in [0.29, 0.717) is 5.92 Å². The second-order valence-electron chi connectivity index (χ2n) is 5.40. The molecule has 2 atom stereocenters. The van der Waals surface area contributed by atoms with Gasteiger partial charge in [0.05, 0.1) is 6.61 Å². The third-order valence-corrected chi connectivity index (χ3v) is 2.81. The summed E-state index contributed by atoms with van der Waals surface area (Å²) in [5, 5.41) is 0. The lowest BCUT2D eigenvalue weighted by molar-refractivity contribution is 0.239. The van der Waals surface area contributed by atoms with Gasteiger partial charge in [0.15, 0.2) is 0 Å². The fourth-order valence-electron chi connectivity index (χ4n) is 1.98. The first kappa shape index (κ1) is 14.0. The number of benzene rings is 1. The van der Waals surface area contributed by atoms with Crippen molar-refractivity contribution in [2.24, 2.45) is 17.6 Å². The van der Waals surface area contributed by atoms with Crippen molar-refractivity contribution >= 4 is 0 Å². The summed E-state index contributed by atoms with van der Waals surface area (Å²) >= 11 is 0. The summed E-state index contributed by atoms with van der Waals surface area (Å²) in [6, 6.07) is 8.16. The second kappa shape index (κ2) is 6.65. The monoisotopic (exact) mass is 235 g/mol. The SMILES string of the molecule is CC(C)CC(C)COc1ccc([C@H](C)N)cc1. The van der Waals surface area contributed by atoms with E-state index in [-0.39, 0.29) is 6.04 Å². The van der Waals surface area contributed by atoms with E-state index in [1.165, 1.54) is 6.42 Å². The maximum atomic E-state index is 5.80. The molecule has 1 rings (SSSR count). The molecule has 1 aromatic rings. The molecular formula is C15H25NO. The Morgan fingerprint density at radius 3 is 2.12 bits per heavy atom. The molecule has 0 aliphatic carbocycles. The highest BCUT2D eigenvalue weighted by molar-refractivity contribution is 5.28. The van der Waals surface area contributed by atoms with Gasteiger partial charge in [-0.1, -0.05) is 32.9 Å². The van der Waals surface area contributed by atoms with Gasteiger partial charge in [-0.15, -0.1) is 0 Å². The summed E-state index contributed by atoms with van der Waals surface area (Å²) in [5.74, 6) is 2.27. The lowest BCUT2D eigenvalue weighted by Gasteiger charge is -2.15. The molecule has 0 saturated carbocycles. The van der Waals surface area contributed by atoms with Crippen LogP contribution in [0.3, 0.4) is 0 Å². The molecule has 96 valence electrons. The van der Waals surface area contributed by atoms with E-state index >= 15 is 0 Å². The first-order valence-electron chi connectivity index (χ1n) is 6.47. The van der Waals surface area contributed by atoms with Crippen molar-refractivity contribution in [2.75, 3.05) is 6.61 Å². The van der Waals surface area contributed by atoms with E-state index < -0.39 is 0 Å². The summed E-state index contributed by atoms with van der Waals surface area (Å²) in [4.78, 5) is 0. The van der Waals surface area contributed by atoms with Crippen molar-refractivity contribution in [3.05, 3.63) is 29.8 Å². The van der Waals surface area contributed by atoms with E-state index in [0.717, 1.165) is 23.8 Å². The largest absolute Gasteiger partial charge is 0.493 e. The van der Waals surface area contributed by atoms with E-state index in [2.05, 4.69) is 20.8 Å². The third kappa shape index (κ3) is 5.22. The Morgan fingerprint density at radius 2 is 1.65 bits per heavy atom. The Bertz CT molecular complexity index is 316. The summed E-state index contributed by atoms with van der Waals surface area (Å²) in [6.07, 6.45) is 1.21. The van der Waals surface area contributed by atoms with Gasteiger partial charge < -0.3 is 10.5 Å². The predicted molar refractivity (Wildman–Crippen MR) is 73.2 cm³/mol.